The van der Waals surface area contributed by atoms with Crippen LogP contribution >= 0.6 is 0 Å². The smallest absolute Gasteiger partial charge is 0.130 e. The number of nitrogens with zero attached hydrogens (tertiary/aromatic N) is 3. The minimum atomic E-state index is 0.716. The van der Waals surface area contributed by atoms with Crippen molar-refractivity contribution in [2.45, 2.75) is 0 Å². The molecule has 0 bridgehead atoms. The van der Waals surface area contributed by atoms with Gasteiger partial charge in [-0.05, 0) is 42.0 Å². The molecule has 120 valence electrons. The summed E-state index contributed by atoms with van der Waals surface area (Å²) in [6.07, 6.45) is 3.37. The fraction of sp³-hybridized carbons (Fsp3) is 0.105. The van der Waals surface area contributed by atoms with Gasteiger partial charge in [-0.2, -0.15) is 5.11 Å². The summed E-state index contributed by atoms with van der Waals surface area (Å²) in [5, 5.41) is 8.38. The van der Waals surface area contributed by atoms with Crippen molar-refractivity contribution < 1.29 is 9.47 Å². The minimum absolute atomic E-state index is 0.716. The molecule has 1 aromatic heterocycles. The molecule has 0 saturated heterocycles. The first-order chi connectivity index (χ1) is 11.8. The number of ether oxygens (including phenoxy) is 2. The van der Waals surface area contributed by atoms with Crippen LogP contribution in [-0.4, -0.2) is 19.2 Å². The molecule has 5 nitrogen and oxygen atoms in total. The lowest BCUT2D eigenvalue weighted by Gasteiger charge is -2.13. The van der Waals surface area contributed by atoms with Gasteiger partial charge in [0.15, 0.2) is 0 Å². The average molecular weight is 319 g/mol. The molecule has 0 aliphatic heterocycles. The summed E-state index contributed by atoms with van der Waals surface area (Å²) in [5.74, 6) is 1.53. The van der Waals surface area contributed by atoms with Crippen molar-refractivity contribution in [1.82, 2.24) is 4.98 Å². The van der Waals surface area contributed by atoms with Crippen LogP contribution in [0.25, 0.3) is 11.1 Å². The zero-order valence-corrected chi connectivity index (χ0v) is 13.5. The highest BCUT2D eigenvalue weighted by Crippen LogP contribution is 2.38. The Morgan fingerprint density at radius 1 is 0.750 bits per heavy atom. The summed E-state index contributed by atoms with van der Waals surface area (Å²) in [7, 11) is 3.30. The van der Waals surface area contributed by atoms with E-state index in [0.717, 1.165) is 28.3 Å². The first-order valence-corrected chi connectivity index (χ1v) is 7.45. The molecule has 0 fully saturated rings. The van der Waals surface area contributed by atoms with Gasteiger partial charge < -0.3 is 9.47 Å². The van der Waals surface area contributed by atoms with E-state index in [9.17, 15) is 0 Å². The number of aromatic nitrogens is 1. The fourth-order valence-corrected chi connectivity index (χ4v) is 2.36. The zero-order valence-electron chi connectivity index (χ0n) is 13.5. The lowest BCUT2D eigenvalue weighted by molar-refractivity contribution is 0.397. The lowest BCUT2D eigenvalue weighted by atomic mass is 10.0. The zero-order chi connectivity index (χ0) is 16.8. The molecule has 2 aromatic carbocycles. The Morgan fingerprint density at radius 2 is 1.42 bits per heavy atom. The summed E-state index contributed by atoms with van der Waals surface area (Å²) >= 11 is 0. The van der Waals surface area contributed by atoms with Crippen LogP contribution in [0.3, 0.4) is 0 Å². The van der Waals surface area contributed by atoms with E-state index >= 15 is 0 Å². The van der Waals surface area contributed by atoms with Crippen LogP contribution in [0.4, 0.5) is 11.4 Å². The highest BCUT2D eigenvalue weighted by molar-refractivity contribution is 5.77. The molecule has 0 N–H and O–H groups in total. The van der Waals surface area contributed by atoms with Crippen LogP contribution in [0.5, 0.6) is 11.5 Å². The van der Waals surface area contributed by atoms with Gasteiger partial charge in [-0.3, -0.25) is 4.98 Å². The number of pyridine rings is 1. The molecule has 5 heteroatoms. The SMILES string of the molecule is COc1cccc(OC)c1-c1ccc(N=Nc2cccnc2)cc1. The third kappa shape index (κ3) is 3.41. The number of methoxy groups -OCH3 is 2. The lowest BCUT2D eigenvalue weighted by Crippen LogP contribution is -1.92. The summed E-state index contributed by atoms with van der Waals surface area (Å²) < 4.78 is 10.9. The Kier molecular flexibility index (Phi) is 4.81. The number of azo groups is 1. The Hall–Kier alpha value is -3.21. The van der Waals surface area contributed by atoms with Gasteiger partial charge in [0.1, 0.15) is 17.2 Å². The highest BCUT2D eigenvalue weighted by atomic mass is 16.5. The first kappa shape index (κ1) is 15.7. The summed E-state index contributed by atoms with van der Waals surface area (Å²) in [4.78, 5) is 4.01. The normalized spacial score (nSPS) is 10.8. The third-order valence-electron chi connectivity index (χ3n) is 3.51. The second-order valence-corrected chi connectivity index (χ2v) is 5.00. The van der Waals surface area contributed by atoms with Crippen LogP contribution in [0.2, 0.25) is 0 Å². The predicted molar refractivity (Wildman–Crippen MR) is 93.4 cm³/mol. The van der Waals surface area contributed by atoms with E-state index < -0.39 is 0 Å². The fourth-order valence-electron chi connectivity index (χ4n) is 2.36. The maximum Gasteiger partial charge on any atom is 0.130 e. The van der Waals surface area contributed by atoms with Gasteiger partial charge in [0.2, 0.25) is 0 Å². The second-order valence-electron chi connectivity index (χ2n) is 5.00. The van der Waals surface area contributed by atoms with Crippen molar-refractivity contribution in [2.75, 3.05) is 14.2 Å². The summed E-state index contributed by atoms with van der Waals surface area (Å²) in [5.41, 5.74) is 3.38. The van der Waals surface area contributed by atoms with Gasteiger partial charge in [0.25, 0.3) is 0 Å². The quantitative estimate of drug-likeness (QED) is 0.609. The average Bonchev–Trinajstić information content (AvgIpc) is 2.67. The Balaban J connectivity index is 1.89. The topological polar surface area (TPSA) is 56.1 Å². The van der Waals surface area contributed by atoms with E-state index in [-0.39, 0.29) is 0 Å². The van der Waals surface area contributed by atoms with Gasteiger partial charge in [-0.25, -0.2) is 0 Å². The van der Waals surface area contributed by atoms with Crippen molar-refractivity contribution >= 4 is 11.4 Å². The van der Waals surface area contributed by atoms with Crippen molar-refractivity contribution in [1.29, 1.82) is 0 Å². The molecule has 0 amide bonds. The number of rotatable bonds is 5. The molecular formula is C19H17N3O2. The molecule has 0 spiro atoms. The van der Waals surface area contributed by atoms with Gasteiger partial charge in [0.05, 0.1) is 31.7 Å². The molecule has 24 heavy (non-hydrogen) atoms. The largest absolute Gasteiger partial charge is 0.496 e. The van der Waals surface area contributed by atoms with Gasteiger partial charge >= 0.3 is 0 Å². The molecule has 0 radical (unpaired) electrons. The minimum Gasteiger partial charge on any atom is -0.496 e. The molecule has 0 atom stereocenters. The molecule has 0 aliphatic carbocycles. The Labute approximate surface area is 140 Å². The first-order valence-electron chi connectivity index (χ1n) is 7.45. The monoisotopic (exact) mass is 319 g/mol. The van der Waals surface area contributed by atoms with Crippen molar-refractivity contribution in [3.05, 3.63) is 67.0 Å². The van der Waals surface area contributed by atoms with Crippen LogP contribution in [0.1, 0.15) is 0 Å². The molecule has 0 unspecified atom stereocenters. The Morgan fingerprint density at radius 3 is 2.00 bits per heavy atom. The van der Waals surface area contributed by atoms with Gasteiger partial charge in [0, 0.05) is 6.20 Å². The maximum atomic E-state index is 5.45. The van der Waals surface area contributed by atoms with E-state index in [1.165, 1.54) is 0 Å². The summed E-state index contributed by atoms with van der Waals surface area (Å²) in [6.45, 7) is 0. The molecular weight excluding hydrogens is 302 g/mol. The predicted octanol–water partition coefficient (Wildman–Crippen LogP) is 5.18. The van der Waals surface area contributed by atoms with Crippen LogP contribution in [0.15, 0.2) is 77.2 Å². The maximum absolute atomic E-state index is 5.45. The van der Waals surface area contributed by atoms with Gasteiger partial charge in [-0.15, -0.1) is 5.11 Å². The van der Waals surface area contributed by atoms with E-state index in [1.54, 1.807) is 26.6 Å². The number of hydrogen-bond donors (Lipinski definition) is 0. The van der Waals surface area contributed by atoms with E-state index in [2.05, 4.69) is 15.2 Å². The van der Waals surface area contributed by atoms with Crippen molar-refractivity contribution in [3.63, 3.8) is 0 Å². The standard InChI is InChI=1S/C19H17N3O2/c1-23-17-6-3-7-18(24-2)19(17)14-8-10-15(11-9-14)21-22-16-5-4-12-20-13-16/h3-13H,1-2H3. The molecule has 3 aromatic rings. The van der Waals surface area contributed by atoms with Crippen LogP contribution in [-0.2, 0) is 0 Å². The Bertz CT molecular complexity index is 809. The molecule has 0 aliphatic rings. The second kappa shape index (κ2) is 7.37. The highest BCUT2D eigenvalue weighted by Gasteiger charge is 2.11. The summed E-state index contributed by atoms with van der Waals surface area (Å²) in [6, 6.07) is 17.1. The van der Waals surface area contributed by atoms with Crippen molar-refractivity contribution in [3.8, 4) is 22.6 Å². The van der Waals surface area contributed by atoms with Gasteiger partial charge in [-0.1, -0.05) is 18.2 Å². The van der Waals surface area contributed by atoms with E-state index in [4.69, 9.17) is 9.47 Å². The molecule has 1 heterocycles. The molecule has 3 rings (SSSR count). The van der Waals surface area contributed by atoms with E-state index in [0.29, 0.717) is 5.69 Å². The van der Waals surface area contributed by atoms with E-state index in [1.807, 2.05) is 54.6 Å². The van der Waals surface area contributed by atoms with Crippen LogP contribution in [0, 0.1) is 0 Å². The third-order valence-corrected chi connectivity index (χ3v) is 3.51. The van der Waals surface area contributed by atoms with Crippen LogP contribution < -0.4 is 9.47 Å². The number of benzene rings is 2. The van der Waals surface area contributed by atoms with Crippen molar-refractivity contribution in [2.24, 2.45) is 10.2 Å². The molecule has 0 saturated carbocycles. The number of hydrogen-bond acceptors (Lipinski definition) is 5.